The number of carbonyl (C=O) groups is 1. The van der Waals surface area contributed by atoms with Crippen molar-refractivity contribution in [2.75, 3.05) is 25.4 Å². The Morgan fingerprint density at radius 2 is 2.22 bits per heavy atom. The third-order valence-electron chi connectivity index (χ3n) is 2.28. The summed E-state index contributed by atoms with van der Waals surface area (Å²) in [6, 6.07) is 4.73. The van der Waals surface area contributed by atoms with E-state index in [-0.39, 0.29) is 0 Å². The Bertz CT molecular complexity index is 408. The number of hydrogen-bond donors (Lipinski definition) is 2. The average molecular weight is 271 g/mol. The van der Waals surface area contributed by atoms with Gasteiger partial charge in [-0.3, -0.25) is 0 Å². The monoisotopic (exact) mass is 270 g/mol. The van der Waals surface area contributed by atoms with Crippen LogP contribution in [0.5, 0.6) is 0 Å². The van der Waals surface area contributed by atoms with Gasteiger partial charge in [0, 0.05) is 12.2 Å². The molecule has 0 saturated carbocycles. The molecule has 0 aliphatic rings. The fourth-order valence-electron chi connectivity index (χ4n) is 1.38. The largest absolute Gasteiger partial charge is 0.461 e. The van der Waals surface area contributed by atoms with Gasteiger partial charge in [0.15, 0.2) is 0 Å². The second-order valence-corrected chi connectivity index (χ2v) is 4.88. The first-order valence-corrected chi connectivity index (χ1v) is 6.31. The van der Waals surface area contributed by atoms with E-state index in [0.29, 0.717) is 35.3 Å². The van der Waals surface area contributed by atoms with Crippen LogP contribution in [0.2, 0.25) is 5.02 Å². The van der Waals surface area contributed by atoms with Gasteiger partial charge in [-0.2, -0.15) is 0 Å². The highest BCUT2D eigenvalue weighted by Gasteiger charge is 2.11. The lowest BCUT2D eigenvalue weighted by atomic mass is 10.2. The molecule has 0 aromatic heterocycles. The third-order valence-corrected chi connectivity index (χ3v) is 2.59. The van der Waals surface area contributed by atoms with Crippen LogP contribution in [-0.2, 0) is 4.74 Å². The molecule has 1 rings (SSSR count). The topological polar surface area (TPSA) is 64.3 Å². The molecule has 0 unspecified atom stereocenters. The lowest BCUT2D eigenvalue weighted by Gasteiger charge is -2.09. The number of benzene rings is 1. The number of hydrogen-bond acceptors (Lipinski definition) is 4. The van der Waals surface area contributed by atoms with E-state index in [4.69, 9.17) is 22.1 Å². The van der Waals surface area contributed by atoms with Gasteiger partial charge in [-0.15, -0.1) is 0 Å². The molecular formula is C13H19ClN2O2. The summed E-state index contributed by atoms with van der Waals surface area (Å²) in [6.07, 6.45) is 0. The molecule has 0 bridgehead atoms. The predicted molar refractivity (Wildman–Crippen MR) is 73.9 cm³/mol. The smallest absolute Gasteiger partial charge is 0.339 e. The zero-order chi connectivity index (χ0) is 13.5. The summed E-state index contributed by atoms with van der Waals surface area (Å²) >= 11 is 5.91. The minimum absolute atomic E-state index is 0.315. The Morgan fingerprint density at radius 1 is 1.50 bits per heavy atom. The van der Waals surface area contributed by atoms with E-state index < -0.39 is 5.97 Å². The van der Waals surface area contributed by atoms with Crippen molar-refractivity contribution in [3.63, 3.8) is 0 Å². The maximum absolute atomic E-state index is 11.7. The van der Waals surface area contributed by atoms with Crippen LogP contribution in [0.15, 0.2) is 18.2 Å². The van der Waals surface area contributed by atoms with Crippen molar-refractivity contribution < 1.29 is 9.53 Å². The number of ether oxygens (including phenoxy) is 1. The van der Waals surface area contributed by atoms with Gasteiger partial charge in [0.05, 0.1) is 10.6 Å². The van der Waals surface area contributed by atoms with Gasteiger partial charge < -0.3 is 15.8 Å². The Morgan fingerprint density at radius 3 is 2.83 bits per heavy atom. The van der Waals surface area contributed by atoms with Gasteiger partial charge in [0.2, 0.25) is 0 Å². The maximum atomic E-state index is 11.7. The summed E-state index contributed by atoms with van der Waals surface area (Å²) in [6.45, 7) is 6.10. The summed E-state index contributed by atoms with van der Waals surface area (Å²) in [5.74, 6) is 0.151. The molecule has 0 spiro atoms. The number of rotatable bonds is 6. The van der Waals surface area contributed by atoms with Gasteiger partial charge in [0.1, 0.15) is 6.61 Å². The zero-order valence-corrected chi connectivity index (χ0v) is 11.5. The van der Waals surface area contributed by atoms with E-state index in [9.17, 15) is 4.79 Å². The highest BCUT2D eigenvalue weighted by molar-refractivity contribution is 6.33. The fourth-order valence-corrected chi connectivity index (χ4v) is 1.65. The van der Waals surface area contributed by atoms with Crippen molar-refractivity contribution in [1.29, 1.82) is 0 Å². The third kappa shape index (κ3) is 4.94. The van der Waals surface area contributed by atoms with Crippen LogP contribution in [-0.4, -0.2) is 25.7 Å². The number of nitrogens with two attached hydrogens (primary N) is 1. The van der Waals surface area contributed by atoms with Gasteiger partial charge in [-0.05, 0) is 30.7 Å². The van der Waals surface area contributed by atoms with E-state index in [1.165, 1.54) is 6.07 Å². The fraction of sp³-hybridized carbons (Fsp3) is 0.462. The van der Waals surface area contributed by atoms with Crippen molar-refractivity contribution in [1.82, 2.24) is 5.32 Å². The molecule has 0 amide bonds. The second-order valence-electron chi connectivity index (χ2n) is 4.47. The Kier molecular flexibility index (Phi) is 5.95. The van der Waals surface area contributed by atoms with Crippen LogP contribution in [0.25, 0.3) is 0 Å². The van der Waals surface area contributed by atoms with Gasteiger partial charge in [0.25, 0.3) is 0 Å². The van der Waals surface area contributed by atoms with Crippen molar-refractivity contribution in [2.24, 2.45) is 5.92 Å². The van der Waals surface area contributed by atoms with Crippen molar-refractivity contribution in [3.05, 3.63) is 28.8 Å². The Hall–Kier alpha value is -1.26. The maximum Gasteiger partial charge on any atom is 0.339 e. The lowest BCUT2D eigenvalue weighted by Crippen LogP contribution is -2.25. The molecule has 100 valence electrons. The van der Waals surface area contributed by atoms with Crippen molar-refractivity contribution in [2.45, 2.75) is 13.8 Å². The van der Waals surface area contributed by atoms with Crippen LogP contribution in [0.4, 0.5) is 5.69 Å². The first-order valence-electron chi connectivity index (χ1n) is 5.93. The number of nitrogen functional groups attached to an aromatic ring is 1. The number of esters is 1. The first kappa shape index (κ1) is 14.8. The standard InChI is InChI=1S/C13H19ClN2O2/c1-9(2)8-16-5-6-18-13(17)11-4-3-10(15)7-12(11)14/h3-4,7,9,16H,5-6,8,15H2,1-2H3. The molecule has 0 fully saturated rings. The Balaban J connectivity index is 2.36. The molecule has 18 heavy (non-hydrogen) atoms. The summed E-state index contributed by atoms with van der Waals surface area (Å²) in [7, 11) is 0. The van der Waals surface area contributed by atoms with Crippen molar-refractivity contribution >= 4 is 23.3 Å². The second kappa shape index (κ2) is 7.24. The molecule has 5 heteroatoms. The van der Waals surface area contributed by atoms with Crippen LogP contribution in [0.1, 0.15) is 24.2 Å². The molecule has 0 saturated heterocycles. The van der Waals surface area contributed by atoms with Crippen LogP contribution >= 0.6 is 11.6 Å². The van der Waals surface area contributed by atoms with E-state index >= 15 is 0 Å². The minimum atomic E-state index is -0.425. The number of carbonyl (C=O) groups excluding carboxylic acids is 1. The molecule has 3 N–H and O–H groups in total. The van der Waals surface area contributed by atoms with Gasteiger partial charge >= 0.3 is 5.97 Å². The van der Waals surface area contributed by atoms with E-state index in [2.05, 4.69) is 19.2 Å². The molecule has 1 aromatic carbocycles. The zero-order valence-electron chi connectivity index (χ0n) is 10.7. The Labute approximate surface area is 112 Å². The first-order chi connectivity index (χ1) is 8.50. The number of halogens is 1. The highest BCUT2D eigenvalue weighted by Crippen LogP contribution is 2.19. The molecular weight excluding hydrogens is 252 g/mol. The van der Waals surface area contributed by atoms with Crippen LogP contribution < -0.4 is 11.1 Å². The van der Waals surface area contributed by atoms with Crippen LogP contribution in [0.3, 0.4) is 0 Å². The molecule has 0 aliphatic carbocycles. The van der Waals surface area contributed by atoms with E-state index in [1.54, 1.807) is 12.1 Å². The number of anilines is 1. The summed E-state index contributed by atoms with van der Waals surface area (Å²) in [5, 5.41) is 3.50. The lowest BCUT2D eigenvalue weighted by molar-refractivity contribution is 0.0508. The molecule has 1 aromatic rings. The number of nitrogens with one attached hydrogen (secondary N) is 1. The van der Waals surface area contributed by atoms with Crippen LogP contribution in [0, 0.1) is 5.92 Å². The molecule has 4 nitrogen and oxygen atoms in total. The normalized spacial score (nSPS) is 10.7. The van der Waals surface area contributed by atoms with E-state index in [0.717, 1.165) is 6.54 Å². The molecule has 0 radical (unpaired) electrons. The summed E-state index contributed by atoms with van der Waals surface area (Å²) in [5.41, 5.74) is 6.41. The average Bonchev–Trinajstić information content (AvgIpc) is 2.27. The van der Waals surface area contributed by atoms with Gasteiger partial charge in [-0.25, -0.2) is 4.79 Å². The van der Waals surface area contributed by atoms with E-state index in [1.807, 2.05) is 0 Å². The summed E-state index contributed by atoms with van der Waals surface area (Å²) < 4.78 is 5.10. The molecule has 0 atom stereocenters. The molecule has 0 aliphatic heterocycles. The predicted octanol–water partition coefficient (Wildman–Crippen LogP) is 2.32. The van der Waals surface area contributed by atoms with Gasteiger partial charge in [-0.1, -0.05) is 25.4 Å². The SMILES string of the molecule is CC(C)CNCCOC(=O)c1ccc(N)cc1Cl. The summed E-state index contributed by atoms with van der Waals surface area (Å²) in [4.78, 5) is 11.7. The highest BCUT2D eigenvalue weighted by atomic mass is 35.5. The van der Waals surface area contributed by atoms with Crippen molar-refractivity contribution in [3.8, 4) is 0 Å². The molecule has 0 heterocycles. The quantitative estimate of drug-likeness (QED) is 0.473. The minimum Gasteiger partial charge on any atom is -0.461 e.